The Morgan fingerprint density at radius 2 is 1.97 bits per heavy atom. The topological polar surface area (TPSA) is 87.0 Å². The molecule has 0 N–H and O–H groups in total. The lowest BCUT2D eigenvalue weighted by Gasteiger charge is -2.36. The highest BCUT2D eigenvalue weighted by Gasteiger charge is 2.20. The van der Waals surface area contributed by atoms with Crippen LogP contribution in [0.2, 0.25) is 0 Å². The lowest BCUT2D eigenvalue weighted by Crippen LogP contribution is -2.47. The summed E-state index contributed by atoms with van der Waals surface area (Å²) in [5, 5.41) is 18.4. The van der Waals surface area contributed by atoms with E-state index >= 15 is 0 Å². The van der Waals surface area contributed by atoms with Crippen molar-refractivity contribution in [2.45, 2.75) is 20.0 Å². The second-order valence-electron chi connectivity index (χ2n) is 8.87. The van der Waals surface area contributed by atoms with Gasteiger partial charge in [-0.3, -0.25) is 9.58 Å². The molecule has 9 nitrogen and oxygen atoms in total. The summed E-state index contributed by atoms with van der Waals surface area (Å²) in [4.78, 5) is 8.97. The SMILES string of the molecule is C=N/C(=C\C=C(/C)c1cc(-c2cnn(C)c2)cn2ncc(C#N)c12)N1CCN(C[C@H](C)OC)CC1. The van der Waals surface area contributed by atoms with Gasteiger partial charge in [-0.1, -0.05) is 6.08 Å². The number of allylic oxidation sites excluding steroid dienone is 3. The molecular formula is C26H32N8O. The molecule has 1 aliphatic rings. The second-order valence-corrected chi connectivity index (χ2v) is 8.87. The molecule has 0 aromatic carbocycles. The highest BCUT2D eigenvalue weighted by Crippen LogP contribution is 2.29. The Hall–Kier alpha value is -3.74. The number of hydrogen-bond donors (Lipinski definition) is 0. The number of piperazine rings is 1. The third-order valence-corrected chi connectivity index (χ3v) is 6.45. The van der Waals surface area contributed by atoms with Crippen LogP contribution in [0.25, 0.3) is 22.2 Å². The number of methoxy groups -OCH3 is 1. The Bertz CT molecular complexity index is 1300. The summed E-state index contributed by atoms with van der Waals surface area (Å²) in [6.07, 6.45) is 11.6. The number of hydrogen-bond acceptors (Lipinski definition) is 7. The average Bonchev–Trinajstić information content (AvgIpc) is 3.50. The van der Waals surface area contributed by atoms with E-state index in [2.05, 4.69) is 50.8 Å². The maximum absolute atomic E-state index is 9.65. The summed E-state index contributed by atoms with van der Waals surface area (Å²) in [5.74, 6) is 0.845. The molecule has 0 bridgehead atoms. The first-order chi connectivity index (χ1) is 16.9. The first kappa shape index (κ1) is 24.4. The minimum atomic E-state index is 0.223. The van der Waals surface area contributed by atoms with Gasteiger partial charge in [-0.2, -0.15) is 15.5 Å². The molecule has 1 atom stereocenters. The maximum atomic E-state index is 9.65. The van der Waals surface area contributed by atoms with Crippen LogP contribution < -0.4 is 0 Å². The molecule has 0 aliphatic carbocycles. The number of pyridine rings is 1. The predicted octanol–water partition coefficient (Wildman–Crippen LogP) is 3.20. The number of fused-ring (bicyclic) bond motifs is 1. The molecular weight excluding hydrogens is 440 g/mol. The van der Waals surface area contributed by atoms with Crippen molar-refractivity contribution in [3.05, 3.63) is 60.0 Å². The fraction of sp³-hybridized carbons (Fsp3) is 0.385. The summed E-state index contributed by atoms with van der Waals surface area (Å²) in [7, 11) is 3.64. The van der Waals surface area contributed by atoms with Gasteiger partial charge in [0, 0.05) is 76.0 Å². The fourth-order valence-corrected chi connectivity index (χ4v) is 4.38. The number of ether oxygens (including phenoxy) is 1. The molecule has 3 aromatic rings. The zero-order chi connectivity index (χ0) is 24.9. The van der Waals surface area contributed by atoms with E-state index in [4.69, 9.17) is 4.74 Å². The van der Waals surface area contributed by atoms with Crippen molar-refractivity contribution < 1.29 is 4.74 Å². The largest absolute Gasteiger partial charge is 0.380 e. The molecule has 4 rings (SSSR count). The number of aliphatic imine (C=N–C) groups is 1. The Labute approximate surface area is 206 Å². The highest BCUT2D eigenvalue weighted by molar-refractivity contribution is 5.84. The van der Waals surface area contributed by atoms with Gasteiger partial charge >= 0.3 is 0 Å². The summed E-state index contributed by atoms with van der Waals surface area (Å²) in [6.45, 7) is 12.5. The molecule has 182 valence electrons. The molecule has 0 amide bonds. The van der Waals surface area contributed by atoms with Crippen molar-refractivity contribution in [1.29, 1.82) is 5.26 Å². The summed E-state index contributed by atoms with van der Waals surface area (Å²) < 4.78 is 8.94. The Balaban J connectivity index is 1.62. The molecule has 1 saturated heterocycles. The number of rotatable bonds is 8. The lowest BCUT2D eigenvalue weighted by molar-refractivity contribution is 0.0585. The normalized spacial score (nSPS) is 16.5. The van der Waals surface area contributed by atoms with Crippen LogP contribution in [0.1, 0.15) is 25.0 Å². The minimum Gasteiger partial charge on any atom is -0.380 e. The van der Waals surface area contributed by atoms with Gasteiger partial charge in [-0.25, -0.2) is 9.51 Å². The van der Waals surface area contributed by atoms with E-state index in [9.17, 15) is 5.26 Å². The van der Waals surface area contributed by atoms with Gasteiger partial charge in [0.25, 0.3) is 0 Å². The van der Waals surface area contributed by atoms with Crippen molar-refractivity contribution in [2.75, 3.05) is 39.8 Å². The van der Waals surface area contributed by atoms with E-state index < -0.39 is 0 Å². The van der Waals surface area contributed by atoms with Crippen LogP contribution >= 0.6 is 0 Å². The van der Waals surface area contributed by atoms with Crippen molar-refractivity contribution in [1.82, 2.24) is 29.2 Å². The minimum absolute atomic E-state index is 0.223. The van der Waals surface area contributed by atoms with Crippen LogP contribution in [0.4, 0.5) is 0 Å². The molecule has 4 heterocycles. The van der Waals surface area contributed by atoms with Crippen LogP contribution in [0.15, 0.2) is 53.8 Å². The number of aromatic nitrogens is 4. The molecule has 1 aliphatic heterocycles. The van der Waals surface area contributed by atoms with Crippen LogP contribution in [0.3, 0.4) is 0 Å². The van der Waals surface area contributed by atoms with Gasteiger partial charge in [0.05, 0.1) is 29.6 Å². The Kier molecular flexibility index (Phi) is 7.44. The third-order valence-electron chi connectivity index (χ3n) is 6.45. The molecule has 3 aromatic heterocycles. The highest BCUT2D eigenvalue weighted by atomic mass is 16.5. The quantitative estimate of drug-likeness (QED) is 0.370. The van der Waals surface area contributed by atoms with E-state index in [1.54, 1.807) is 22.5 Å². The fourth-order valence-electron chi connectivity index (χ4n) is 4.38. The van der Waals surface area contributed by atoms with E-state index in [-0.39, 0.29) is 6.10 Å². The predicted molar refractivity (Wildman–Crippen MR) is 138 cm³/mol. The molecule has 0 radical (unpaired) electrons. The zero-order valence-electron chi connectivity index (χ0n) is 20.8. The zero-order valence-corrected chi connectivity index (χ0v) is 20.8. The Morgan fingerprint density at radius 3 is 2.60 bits per heavy atom. The van der Waals surface area contributed by atoms with Crippen molar-refractivity contribution >= 4 is 17.8 Å². The standard InChI is InChI=1S/C26H32N8O/c1-19(6-7-25(28-3)33-10-8-32(9-11-33)16-20(2)35-5)24-12-21(23-15-29-31(4)17-23)18-34-26(24)22(13-27)14-30-34/h6-7,12,14-15,17-18,20H,3,8-11,16H2,1-2,4-5H3/b19-6+,25-7+/t20-/m0/s1. The van der Waals surface area contributed by atoms with Gasteiger partial charge in [-0.05, 0) is 38.3 Å². The van der Waals surface area contributed by atoms with Crippen LogP contribution in [0, 0.1) is 11.3 Å². The van der Waals surface area contributed by atoms with Gasteiger partial charge in [0.15, 0.2) is 0 Å². The summed E-state index contributed by atoms with van der Waals surface area (Å²) >= 11 is 0. The first-order valence-corrected chi connectivity index (χ1v) is 11.7. The van der Waals surface area contributed by atoms with E-state index in [1.807, 2.05) is 44.7 Å². The molecule has 0 spiro atoms. The van der Waals surface area contributed by atoms with Crippen molar-refractivity contribution in [3.63, 3.8) is 0 Å². The van der Waals surface area contributed by atoms with Crippen LogP contribution in [-0.2, 0) is 11.8 Å². The number of nitriles is 1. The van der Waals surface area contributed by atoms with Crippen molar-refractivity contribution in [3.8, 4) is 17.2 Å². The number of nitrogens with zero attached hydrogens (tertiary/aromatic N) is 8. The van der Waals surface area contributed by atoms with E-state index in [0.717, 1.165) is 66.3 Å². The van der Waals surface area contributed by atoms with E-state index in [1.165, 1.54) is 0 Å². The molecule has 1 fully saturated rings. The van der Waals surface area contributed by atoms with Gasteiger partial charge in [0.1, 0.15) is 11.9 Å². The Morgan fingerprint density at radius 1 is 1.20 bits per heavy atom. The lowest BCUT2D eigenvalue weighted by atomic mass is 10.0. The van der Waals surface area contributed by atoms with Gasteiger partial charge in [-0.15, -0.1) is 0 Å². The summed E-state index contributed by atoms with van der Waals surface area (Å²) in [6, 6.07) is 4.35. The second kappa shape index (κ2) is 10.7. The smallest absolute Gasteiger partial charge is 0.127 e. The number of aryl methyl sites for hydroxylation is 1. The molecule has 0 saturated carbocycles. The summed E-state index contributed by atoms with van der Waals surface area (Å²) in [5.41, 5.74) is 5.25. The molecule has 0 unspecified atom stereocenters. The van der Waals surface area contributed by atoms with Gasteiger partial charge < -0.3 is 9.64 Å². The van der Waals surface area contributed by atoms with Crippen LogP contribution in [-0.4, -0.2) is 81.8 Å². The monoisotopic (exact) mass is 472 g/mol. The average molecular weight is 473 g/mol. The molecule has 9 heteroatoms. The van der Waals surface area contributed by atoms with Gasteiger partial charge in [0.2, 0.25) is 0 Å². The van der Waals surface area contributed by atoms with E-state index in [0.29, 0.717) is 5.56 Å². The van der Waals surface area contributed by atoms with Crippen LogP contribution in [0.5, 0.6) is 0 Å². The first-order valence-electron chi connectivity index (χ1n) is 11.7. The third kappa shape index (κ3) is 5.34. The molecule has 35 heavy (non-hydrogen) atoms. The van der Waals surface area contributed by atoms with Crippen molar-refractivity contribution in [2.24, 2.45) is 12.0 Å². The maximum Gasteiger partial charge on any atom is 0.127 e.